The van der Waals surface area contributed by atoms with E-state index < -0.39 is 11.7 Å². The van der Waals surface area contributed by atoms with Gasteiger partial charge in [0.05, 0.1) is 17.2 Å². The van der Waals surface area contributed by atoms with E-state index in [9.17, 15) is 18.0 Å². The van der Waals surface area contributed by atoms with Crippen LogP contribution in [-0.4, -0.2) is 23.9 Å². The van der Waals surface area contributed by atoms with Crippen LogP contribution in [-0.2, 0) is 24.1 Å². The van der Waals surface area contributed by atoms with E-state index in [1.54, 1.807) is 18.2 Å². The van der Waals surface area contributed by atoms with Gasteiger partial charge in [-0.05, 0) is 61.3 Å². The largest absolute Gasteiger partial charge is 0.416 e. The highest BCUT2D eigenvalue weighted by Gasteiger charge is 2.34. The number of rotatable bonds is 5. The third kappa shape index (κ3) is 6.13. The van der Waals surface area contributed by atoms with Crippen LogP contribution < -0.4 is 5.32 Å². The van der Waals surface area contributed by atoms with Crippen LogP contribution in [0.25, 0.3) is 0 Å². The van der Waals surface area contributed by atoms with Crippen molar-refractivity contribution in [2.75, 3.05) is 13.1 Å². The third-order valence-electron chi connectivity index (χ3n) is 5.36. The zero-order valence-electron chi connectivity index (χ0n) is 16.5. The van der Waals surface area contributed by atoms with Gasteiger partial charge in [-0.25, -0.2) is 0 Å². The molecule has 1 amide bonds. The molecule has 1 aliphatic rings. The summed E-state index contributed by atoms with van der Waals surface area (Å²) in [6.45, 7) is 1.77. The van der Waals surface area contributed by atoms with Gasteiger partial charge >= 0.3 is 6.18 Å². The van der Waals surface area contributed by atoms with Gasteiger partial charge in [-0.1, -0.05) is 35.3 Å². The molecular formula is C22H20Cl2F3N3O. The number of amides is 1. The summed E-state index contributed by atoms with van der Waals surface area (Å²) < 4.78 is 39.8. The van der Waals surface area contributed by atoms with Crippen molar-refractivity contribution >= 4 is 29.1 Å². The molecule has 1 aliphatic heterocycles. The van der Waals surface area contributed by atoms with Crippen molar-refractivity contribution in [3.63, 3.8) is 0 Å². The van der Waals surface area contributed by atoms with Crippen molar-refractivity contribution in [2.24, 2.45) is 5.92 Å². The van der Waals surface area contributed by atoms with Gasteiger partial charge in [-0.3, -0.25) is 9.69 Å². The molecule has 1 fully saturated rings. The molecule has 1 saturated heterocycles. The molecule has 1 heterocycles. The summed E-state index contributed by atoms with van der Waals surface area (Å²) in [6, 6.07) is 10.4. The van der Waals surface area contributed by atoms with Crippen molar-refractivity contribution in [3.05, 3.63) is 68.7 Å². The van der Waals surface area contributed by atoms with Gasteiger partial charge in [0.25, 0.3) is 0 Å². The Morgan fingerprint density at radius 3 is 2.42 bits per heavy atom. The number of carbonyl (C=O) groups is 1. The molecule has 0 aliphatic carbocycles. The molecule has 1 N–H and O–H groups in total. The summed E-state index contributed by atoms with van der Waals surface area (Å²) in [7, 11) is 0. The zero-order chi connectivity index (χ0) is 22.6. The molecule has 31 heavy (non-hydrogen) atoms. The van der Waals surface area contributed by atoms with Crippen LogP contribution in [0.1, 0.15) is 35.1 Å². The molecule has 4 nitrogen and oxygen atoms in total. The van der Waals surface area contributed by atoms with E-state index in [0.29, 0.717) is 42.5 Å². The first-order chi connectivity index (χ1) is 14.7. The van der Waals surface area contributed by atoms with Crippen LogP contribution in [0.2, 0.25) is 10.0 Å². The van der Waals surface area contributed by atoms with Gasteiger partial charge in [0, 0.05) is 29.1 Å². The van der Waals surface area contributed by atoms with Crippen molar-refractivity contribution in [2.45, 2.75) is 32.1 Å². The SMILES string of the molecule is N#Cc1ccc(CNC(=O)C2CCN(Cc3ccc(Cl)cc3Cl)CC2)c(C(F)(F)F)c1. The van der Waals surface area contributed by atoms with Gasteiger partial charge in [0.1, 0.15) is 0 Å². The van der Waals surface area contributed by atoms with E-state index in [1.165, 1.54) is 12.1 Å². The summed E-state index contributed by atoms with van der Waals surface area (Å²) in [5.74, 6) is -0.522. The zero-order valence-corrected chi connectivity index (χ0v) is 18.0. The maximum atomic E-state index is 13.3. The highest BCUT2D eigenvalue weighted by Crippen LogP contribution is 2.33. The van der Waals surface area contributed by atoms with Gasteiger partial charge in [0.15, 0.2) is 0 Å². The van der Waals surface area contributed by atoms with Crippen LogP contribution in [0, 0.1) is 17.2 Å². The average molecular weight is 470 g/mol. The quantitative estimate of drug-likeness (QED) is 0.636. The van der Waals surface area contributed by atoms with Crippen LogP contribution in [0.3, 0.4) is 0 Å². The number of nitrogens with zero attached hydrogens (tertiary/aromatic N) is 2. The normalized spacial score (nSPS) is 15.5. The molecule has 2 aromatic rings. The fraction of sp³-hybridized carbons (Fsp3) is 0.364. The molecule has 0 radical (unpaired) electrons. The first-order valence-corrected chi connectivity index (χ1v) is 10.5. The lowest BCUT2D eigenvalue weighted by Crippen LogP contribution is -2.40. The van der Waals surface area contributed by atoms with E-state index >= 15 is 0 Å². The summed E-state index contributed by atoms with van der Waals surface area (Å²) in [4.78, 5) is 14.7. The van der Waals surface area contributed by atoms with Crippen LogP contribution in [0.4, 0.5) is 13.2 Å². The number of alkyl halides is 3. The van der Waals surface area contributed by atoms with Gasteiger partial charge in [-0.2, -0.15) is 18.4 Å². The minimum atomic E-state index is -4.60. The molecule has 0 saturated carbocycles. The van der Waals surface area contributed by atoms with Crippen molar-refractivity contribution in [1.29, 1.82) is 5.26 Å². The van der Waals surface area contributed by atoms with Crippen LogP contribution >= 0.6 is 23.2 Å². The van der Waals surface area contributed by atoms with Gasteiger partial charge < -0.3 is 5.32 Å². The fourth-order valence-corrected chi connectivity index (χ4v) is 4.10. The number of hydrogen-bond acceptors (Lipinski definition) is 3. The maximum absolute atomic E-state index is 13.3. The number of nitrogens with one attached hydrogen (secondary N) is 1. The summed E-state index contributed by atoms with van der Waals surface area (Å²) in [5.41, 5.74) is -0.0822. The summed E-state index contributed by atoms with van der Waals surface area (Å²) in [5, 5.41) is 12.6. The lowest BCUT2D eigenvalue weighted by Gasteiger charge is -2.31. The van der Waals surface area contributed by atoms with E-state index in [2.05, 4.69) is 10.2 Å². The number of halogens is 5. The second kappa shape index (κ2) is 9.90. The minimum absolute atomic E-state index is 0.0605. The highest BCUT2D eigenvalue weighted by atomic mass is 35.5. The first-order valence-electron chi connectivity index (χ1n) is 9.71. The Hall–Kier alpha value is -2.27. The van der Waals surface area contributed by atoms with E-state index in [1.807, 2.05) is 6.07 Å². The van der Waals surface area contributed by atoms with Crippen LogP contribution in [0.15, 0.2) is 36.4 Å². The molecule has 0 unspecified atom stereocenters. The Bertz CT molecular complexity index is 996. The average Bonchev–Trinajstić information content (AvgIpc) is 2.73. The predicted octanol–water partition coefficient (Wildman–Crippen LogP) is 5.41. The van der Waals surface area contributed by atoms with Gasteiger partial charge in [-0.15, -0.1) is 0 Å². The Morgan fingerprint density at radius 2 is 1.81 bits per heavy atom. The second-order valence-corrected chi connectivity index (χ2v) is 8.33. The smallest absolute Gasteiger partial charge is 0.352 e. The fourth-order valence-electron chi connectivity index (χ4n) is 3.63. The number of hydrogen-bond donors (Lipinski definition) is 1. The maximum Gasteiger partial charge on any atom is 0.416 e. The molecular weight excluding hydrogens is 450 g/mol. The molecule has 2 aromatic carbocycles. The molecule has 9 heteroatoms. The molecule has 0 atom stereocenters. The predicted molar refractivity (Wildman–Crippen MR) is 112 cm³/mol. The molecule has 3 rings (SSSR count). The highest BCUT2D eigenvalue weighted by molar-refractivity contribution is 6.35. The van der Waals surface area contributed by atoms with E-state index in [0.717, 1.165) is 11.6 Å². The Kier molecular flexibility index (Phi) is 7.47. The molecule has 0 aromatic heterocycles. The summed E-state index contributed by atoms with van der Waals surface area (Å²) in [6.07, 6.45) is -3.38. The number of carbonyl (C=O) groups excluding carboxylic acids is 1. The monoisotopic (exact) mass is 469 g/mol. The van der Waals surface area contributed by atoms with Crippen molar-refractivity contribution in [1.82, 2.24) is 10.2 Å². The summed E-state index contributed by atoms with van der Waals surface area (Å²) >= 11 is 12.1. The number of benzene rings is 2. The Balaban J connectivity index is 1.54. The van der Waals surface area contributed by atoms with Crippen LogP contribution in [0.5, 0.6) is 0 Å². The lowest BCUT2D eigenvalue weighted by atomic mass is 9.95. The van der Waals surface area contributed by atoms with Crippen molar-refractivity contribution in [3.8, 4) is 6.07 Å². The Labute approximate surface area is 188 Å². The topological polar surface area (TPSA) is 56.1 Å². The number of likely N-dealkylation sites (tertiary alicyclic amines) is 1. The second-order valence-electron chi connectivity index (χ2n) is 7.49. The molecule has 0 spiro atoms. The lowest BCUT2D eigenvalue weighted by molar-refractivity contribution is -0.138. The molecule has 164 valence electrons. The minimum Gasteiger partial charge on any atom is -0.352 e. The van der Waals surface area contributed by atoms with E-state index in [-0.39, 0.29) is 29.5 Å². The number of nitriles is 1. The standard InChI is InChI=1S/C22H20Cl2F3N3O/c23-18-4-3-17(20(24)10-18)13-30-7-5-15(6-8-30)21(31)29-12-16-2-1-14(11-28)9-19(16)22(25,26)27/h1-4,9-10,15H,5-8,12-13H2,(H,29,31). The van der Waals surface area contributed by atoms with Crippen molar-refractivity contribution < 1.29 is 18.0 Å². The van der Waals surface area contributed by atoms with E-state index in [4.69, 9.17) is 28.5 Å². The van der Waals surface area contributed by atoms with Gasteiger partial charge in [0.2, 0.25) is 5.91 Å². The Morgan fingerprint density at radius 1 is 1.13 bits per heavy atom. The number of piperidine rings is 1. The molecule has 0 bridgehead atoms. The first kappa shape index (κ1) is 23.4. The third-order valence-corrected chi connectivity index (χ3v) is 5.95.